The van der Waals surface area contributed by atoms with Gasteiger partial charge >= 0.3 is 0 Å². The van der Waals surface area contributed by atoms with Gasteiger partial charge in [-0.25, -0.2) is 0 Å². The maximum Gasteiger partial charge on any atom is 0.0483 e. The standard InChI is InChI=1S/C3H8O.3H2O.Pb.Ti/c1-3(2)4;;;;;/h3-4H,1-2H3;3*1H2;;/p-3. The second-order valence-corrected chi connectivity index (χ2v) is 1.09. The summed E-state index contributed by atoms with van der Waals surface area (Å²) >= 11 is 0. The first-order valence-electron chi connectivity index (χ1n) is 1.41. The van der Waals surface area contributed by atoms with Crippen molar-refractivity contribution in [2.24, 2.45) is 0 Å². The maximum atomic E-state index is 8.06. The summed E-state index contributed by atoms with van der Waals surface area (Å²) in [5.41, 5.74) is 0. The van der Waals surface area contributed by atoms with Gasteiger partial charge in [0.25, 0.3) is 0 Å². The first kappa shape index (κ1) is 47.0. The van der Waals surface area contributed by atoms with E-state index in [9.17, 15) is 0 Å². The van der Waals surface area contributed by atoms with Crippen molar-refractivity contribution in [3.05, 3.63) is 0 Å². The van der Waals surface area contributed by atoms with Gasteiger partial charge in [0.15, 0.2) is 0 Å². The zero-order valence-corrected chi connectivity index (χ0v) is 10.8. The number of hydrogen-bond donors (Lipinski definition) is 1. The van der Waals surface area contributed by atoms with Crippen molar-refractivity contribution in [2.45, 2.75) is 20.0 Å². The van der Waals surface area contributed by atoms with Crippen molar-refractivity contribution in [3.8, 4) is 0 Å². The van der Waals surface area contributed by atoms with E-state index < -0.39 is 0 Å². The van der Waals surface area contributed by atoms with Gasteiger partial charge in [0, 0.05) is 55.1 Å². The molecule has 0 fully saturated rings. The van der Waals surface area contributed by atoms with Crippen LogP contribution in [0.25, 0.3) is 0 Å². The molecule has 0 aliphatic heterocycles. The smallest absolute Gasteiger partial charge is 0.0483 e. The predicted octanol–water partition coefficient (Wildman–Crippen LogP) is -0.527. The molecule has 0 atom stereocenters. The van der Waals surface area contributed by atoms with Crippen LogP contribution in [0.4, 0.5) is 0 Å². The van der Waals surface area contributed by atoms with Crippen LogP contribution in [-0.4, -0.2) is 54.9 Å². The fraction of sp³-hybridized carbons (Fsp3) is 1.00. The molecule has 0 bridgehead atoms. The summed E-state index contributed by atoms with van der Waals surface area (Å²) in [6.45, 7) is 3.44. The second-order valence-electron chi connectivity index (χ2n) is 1.09. The fourth-order valence-corrected chi connectivity index (χ4v) is 0. The Morgan fingerprint density at radius 2 is 1.00 bits per heavy atom. The summed E-state index contributed by atoms with van der Waals surface area (Å²) in [5, 5.41) is 8.06. The van der Waals surface area contributed by atoms with E-state index in [1.54, 1.807) is 13.8 Å². The second kappa shape index (κ2) is 34.0. The molecule has 0 unspecified atom stereocenters. The molecule has 0 aromatic rings. The molecule has 4 N–H and O–H groups in total. The van der Waals surface area contributed by atoms with Gasteiger partial charge in [0.2, 0.25) is 0 Å². The van der Waals surface area contributed by atoms with E-state index in [0.29, 0.717) is 0 Å². The fourth-order valence-electron chi connectivity index (χ4n) is 0. The van der Waals surface area contributed by atoms with Crippen molar-refractivity contribution in [2.75, 3.05) is 0 Å². The SMILES string of the molecule is CC(C)O.[OH-].[OH-].[OH-].[Pb].[Ti]. The number of aliphatic hydroxyl groups is 1. The molecule has 6 heteroatoms. The summed E-state index contributed by atoms with van der Waals surface area (Å²) in [7, 11) is 0. The van der Waals surface area contributed by atoms with Crippen LogP contribution in [0.15, 0.2) is 0 Å². The third kappa shape index (κ3) is 243. The van der Waals surface area contributed by atoms with Crippen LogP contribution >= 0.6 is 0 Å². The van der Waals surface area contributed by atoms with Crippen molar-refractivity contribution in [1.82, 2.24) is 0 Å². The van der Waals surface area contributed by atoms with Crippen LogP contribution in [0.2, 0.25) is 0 Å². The molecule has 9 heavy (non-hydrogen) atoms. The molecule has 0 aliphatic carbocycles. The molecular weight excluding hydrogens is 355 g/mol. The summed E-state index contributed by atoms with van der Waals surface area (Å²) in [5.74, 6) is 0. The van der Waals surface area contributed by atoms with E-state index in [0.717, 1.165) is 0 Å². The minimum absolute atomic E-state index is 0. The van der Waals surface area contributed by atoms with Crippen molar-refractivity contribution >= 4 is 27.3 Å². The van der Waals surface area contributed by atoms with E-state index in [1.165, 1.54) is 0 Å². The van der Waals surface area contributed by atoms with E-state index in [2.05, 4.69) is 0 Å². The summed E-state index contributed by atoms with van der Waals surface area (Å²) in [4.78, 5) is 0. The van der Waals surface area contributed by atoms with Crippen LogP contribution in [0.3, 0.4) is 0 Å². The largest absolute Gasteiger partial charge is 0.870 e. The van der Waals surface area contributed by atoms with E-state index in [1.807, 2.05) is 0 Å². The molecule has 0 spiro atoms. The maximum absolute atomic E-state index is 8.06. The Labute approximate surface area is 90.0 Å². The molecular formula is C3H11O4PbTi-3. The van der Waals surface area contributed by atoms with Gasteiger partial charge in [-0.1, -0.05) is 0 Å². The molecule has 0 aromatic carbocycles. The zero-order chi connectivity index (χ0) is 3.58. The Bertz CT molecular complexity index is 20.5. The van der Waals surface area contributed by atoms with Crippen LogP contribution in [0, 0.1) is 0 Å². The summed E-state index contributed by atoms with van der Waals surface area (Å²) in [6.07, 6.45) is -0.167. The van der Waals surface area contributed by atoms with Crippen molar-refractivity contribution in [3.63, 3.8) is 0 Å². The molecule has 0 heterocycles. The van der Waals surface area contributed by atoms with E-state index in [4.69, 9.17) is 5.11 Å². The molecule has 58 valence electrons. The van der Waals surface area contributed by atoms with Gasteiger partial charge in [0.05, 0.1) is 0 Å². The normalized spacial score (nSPS) is 4.00. The van der Waals surface area contributed by atoms with E-state index >= 15 is 0 Å². The van der Waals surface area contributed by atoms with Crippen molar-refractivity contribution in [1.29, 1.82) is 0 Å². The zero-order valence-electron chi connectivity index (χ0n) is 5.37. The van der Waals surface area contributed by atoms with Gasteiger partial charge in [-0.3, -0.25) is 0 Å². The van der Waals surface area contributed by atoms with Crippen LogP contribution in [0.1, 0.15) is 13.8 Å². The minimum Gasteiger partial charge on any atom is -0.870 e. The molecule has 4 nitrogen and oxygen atoms in total. The first-order valence-corrected chi connectivity index (χ1v) is 1.41. The van der Waals surface area contributed by atoms with E-state index in [-0.39, 0.29) is 71.5 Å². The van der Waals surface area contributed by atoms with Gasteiger partial charge in [0.1, 0.15) is 0 Å². The summed E-state index contributed by atoms with van der Waals surface area (Å²) < 4.78 is 0. The molecule has 0 saturated heterocycles. The van der Waals surface area contributed by atoms with Gasteiger partial charge < -0.3 is 21.5 Å². The molecule has 0 amide bonds. The van der Waals surface area contributed by atoms with Gasteiger partial charge in [-0.2, -0.15) is 0 Å². The number of hydrogen-bond acceptors (Lipinski definition) is 4. The van der Waals surface area contributed by atoms with Crippen LogP contribution in [0.5, 0.6) is 0 Å². The van der Waals surface area contributed by atoms with Crippen molar-refractivity contribution < 1.29 is 43.3 Å². The predicted molar refractivity (Wildman–Crippen MR) is 28.9 cm³/mol. The average Bonchev–Trinajstić information content (AvgIpc) is 0.811. The number of aliphatic hydroxyl groups excluding tert-OH is 1. The molecule has 0 saturated carbocycles. The monoisotopic (exact) mass is 367 g/mol. The Morgan fingerprint density at radius 3 is 1.00 bits per heavy atom. The van der Waals surface area contributed by atoms with Crippen LogP contribution < -0.4 is 0 Å². The Morgan fingerprint density at radius 1 is 1.00 bits per heavy atom. The van der Waals surface area contributed by atoms with Gasteiger partial charge in [-0.15, -0.1) is 0 Å². The molecule has 0 aromatic heterocycles. The Hall–Kier alpha value is 1.48. The topological polar surface area (TPSA) is 110 Å². The molecule has 0 aliphatic rings. The average molecular weight is 366 g/mol. The third-order valence-corrected chi connectivity index (χ3v) is 0. The third-order valence-electron chi connectivity index (χ3n) is 0. The molecule has 4 radical (unpaired) electrons. The van der Waals surface area contributed by atoms with Crippen LogP contribution in [-0.2, 0) is 21.7 Å². The minimum atomic E-state index is -0.167. The first-order chi connectivity index (χ1) is 1.73. The van der Waals surface area contributed by atoms with Gasteiger partial charge in [-0.05, 0) is 13.8 Å². The molecule has 0 rings (SSSR count). The Balaban J connectivity index is -0.00000000450. The quantitative estimate of drug-likeness (QED) is 0.581. The summed E-state index contributed by atoms with van der Waals surface area (Å²) in [6, 6.07) is 0. The Kier molecular flexibility index (Phi) is 177. The number of rotatable bonds is 0.